The van der Waals surface area contributed by atoms with Crippen LogP contribution in [-0.2, 0) is 11.3 Å². The third-order valence-corrected chi connectivity index (χ3v) is 6.06. The highest BCUT2D eigenvalue weighted by molar-refractivity contribution is 5.84. The fraction of sp³-hybridized carbons (Fsp3) is 0.650. The van der Waals surface area contributed by atoms with Crippen LogP contribution in [-0.4, -0.2) is 36.6 Å². The quantitative estimate of drug-likeness (QED) is 0.847. The molecule has 1 aliphatic heterocycles. The maximum absolute atomic E-state index is 13.9. The number of benzene rings is 1. The third-order valence-electron chi connectivity index (χ3n) is 6.06. The van der Waals surface area contributed by atoms with Crippen molar-refractivity contribution in [1.29, 1.82) is 0 Å². The SMILES string of the molecule is CC1(CNC(=O)C2(C(F)(F)F)CCN(Cc3ccccc3)C2)CCCC1. The van der Waals surface area contributed by atoms with Gasteiger partial charge in [-0.05, 0) is 36.8 Å². The molecule has 1 aromatic rings. The van der Waals surface area contributed by atoms with E-state index in [2.05, 4.69) is 12.2 Å². The molecule has 0 bridgehead atoms. The zero-order valence-electron chi connectivity index (χ0n) is 15.2. The highest BCUT2D eigenvalue weighted by atomic mass is 19.4. The lowest BCUT2D eigenvalue weighted by atomic mass is 9.83. The molecule has 1 amide bonds. The van der Waals surface area contributed by atoms with Crippen LogP contribution in [0.4, 0.5) is 13.2 Å². The minimum atomic E-state index is -4.54. The van der Waals surface area contributed by atoms with Crippen LogP contribution in [0.5, 0.6) is 0 Å². The lowest BCUT2D eigenvalue weighted by Crippen LogP contribution is -2.53. The number of alkyl halides is 3. The summed E-state index contributed by atoms with van der Waals surface area (Å²) in [6.45, 7) is 2.83. The molecule has 3 nitrogen and oxygen atoms in total. The van der Waals surface area contributed by atoms with Crippen LogP contribution >= 0.6 is 0 Å². The second-order valence-corrected chi connectivity index (χ2v) is 8.23. The molecular formula is C20H27F3N2O. The van der Waals surface area contributed by atoms with Crippen molar-refractivity contribution in [2.45, 2.75) is 51.7 Å². The Morgan fingerprint density at radius 2 is 1.81 bits per heavy atom. The van der Waals surface area contributed by atoms with Gasteiger partial charge in [0.15, 0.2) is 5.41 Å². The highest BCUT2D eigenvalue weighted by Crippen LogP contribution is 2.46. The number of carbonyl (C=O) groups excluding carboxylic acids is 1. The molecule has 6 heteroatoms. The van der Waals surface area contributed by atoms with Gasteiger partial charge < -0.3 is 5.32 Å². The van der Waals surface area contributed by atoms with E-state index in [9.17, 15) is 18.0 Å². The summed E-state index contributed by atoms with van der Waals surface area (Å²) in [5.74, 6) is -0.853. The molecule has 1 saturated carbocycles. The summed E-state index contributed by atoms with van der Waals surface area (Å²) in [5.41, 5.74) is -1.40. The predicted molar refractivity (Wildman–Crippen MR) is 94.4 cm³/mol. The van der Waals surface area contributed by atoms with Crippen LogP contribution in [0.25, 0.3) is 0 Å². The minimum Gasteiger partial charge on any atom is -0.355 e. The molecule has 2 aliphatic rings. The normalized spacial score (nSPS) is 26.2. The van der Waals surface area contributed by atoms with Gasteiger partial charge >= 0.3 is 6.18 Å². The number of carbonyl (C=O) groups is 1. The molecule has 0 radical (unpaired) electrons. The van der Waals surface area contributed by atoms with Crippen LogP contribution in [0.3, 0.4) is 0 Å². The average molecular weight is 368 g/mol. The number of hydrogen-bond donors (Lipinski definition) is 1. The minimum absolute atomic E-state index is 0.0647. The molecule has 1 heterocycles. The Hall–Kier alpha value is -1.56. The van der Waals surface area contributed by atoms with Crippen molar-refractivity contribution in [2.24, 2.45) is 10.8 Å². The largest absolute Gasteiger partial charge is 0.404 e. The molecule has 0 spiro atoms. The summed E-state index contributed by atoms with van der Waals surface area (Å²) in [6.07, 6.45) is -0.618. The smallest absolute Gasteiger partial charge is 0.355 e. The molecular weight excluding hydrogens is 341 g/mol. The first-order valence-corrected chi connectivity index (χ1v) is 9.36. The standard InChI is InChI=1S/C20H27F3N2O/c1-18(9-5-6-10-18)14-24-17(26)19(20(21,22)23)11-12-25(15-19)13-16-7-3-2-4-8-16/h2-4,7-8H,5-6,9-15H2,1H3,(H,24,26). The maximum atomic E-state index is 13.9. The van der Waals surface area contributed by atoms with E-state index in [1.165, 1.54) is 0 Å². The van der Waals surface area contributed by atoms with Crippen molar-refractivity contribution in [2.75, 3.05) is 19.6 Å². The van der Waals surface area contributed by atoms with Gasteiger partial charge in [-0.25, -0.2) is 0 Å². The highest BCUT2D eigenvalue weighted by Gasteiger charge is 2.63. The Morgan fingerprint density at radius 3 is 2.42 bits per heavy atom. The third kappa shape index (κ3) is 3.90. The van der Waals surface area contributed by atoms with Crippen molar-refractivity contribution in [1.82, 2.24) is 10.2 Å². The second-order valence-electron chi connectivity index (χ2n) is 8.23. The van der Waals surface area contributed by atoms with Gasteiger partial charge in [-0.15, -0.1) is 0 Å². The van der Waals surface area contributed by atoms with Crippen molar-refractivity contribution in [3.05, 3.63) is 35.9 Å². The van der Waals surface area contributed by atoms with E-state index in [0.29, 0.717) is 13.1 Å². The predicted octanol–water partition coefficient (Wildman–Crippen LogP) is 4.14. The second kappa shape index (κ2) is 7.22. The van der Waals surface area contributed by atoms with E-state index < -0.39 is 17.5 Å². The van der Waals surface area contributed by atoms with E-state index in [4.69, 9.17) is 0 Å². The monoisotopic (exact) mass is 368 g/mol. The van der Waals surface area contributed by atoms with Gasteiger partial charge in [-0.2, -0.15) is 13.2 Å². The fourth-order valence-electron chi connectivity index (χ4n) is 4.28. The molecule has 1 saturated heterocycles. The zero-order chi connectivity index (χ0) is 18.8. The number of amides is 1. The van der Waals surface area contributed by atoms with Crippen molar-refractivity contribution >= 4 is 5.91 Å². The summed E-state index contributed by atoms with van der Waals surface area (Å²) in [5, 5.41) is 2.65. The van der Waals surface area contributed by atoms with E-state index in [-0.39, 0.29) is 24.9 Å². The van der Waals surface area contributed by atoms with Gasteiger partial charge in [-0.3, -0.25) is 9.69 Å². The zero-order valence-corrected chi connectivity index (χ0v) is 15.2. The lowest BCUT2D eigenvalue weighted by molar-refractivity contribution is -0.218. The average Bonchev–Trinajstić information content (AvgIpc) is 3.21. The number of hydrogen-bond acceptors (Lipinski definition) is 2. The van der Waals surface area contributed by atoms with Gasteiger partial charge in [0.1, 0.15) is 0 Å². The molecule has 3 rings (SSSR count). The van der Waals surface area contributed by atoms with Gasteiger partial charge in [0.2, 0.25) is 5.91 Å². The van der Waals surface area contributed by atoms with Crippen LogP contribution < -0.4 is 5.32 Å². The summed E-state index contributed by atoms with van der Waals surface area (Å²) in [4.78, 5) is 14.4. The summed E-state index contributed by atoms with van der Waals surface area (Å²) >= 11 is 0. The van der Waals surface area contributed by atoms with Gasteiger partial charge in [-0.1, -0.05) is 50.1 Å². The van der Waals surface area contributed by atoms with Crippen LogP contribution in [0.15, 0.2) is 30.3 Å². The van der Waals surface area contributed by atoms with Crippen molar-refractivity contribution in [3.8, 4) is 0 Å². The first-order chi connectivity index (χ1) is 12.2. The Bertz CT molecular complexity index is 626. The lowest BCUT2D eigenvalue weighted by Gasteiger charge is -2.32. The van der Waals surface area contributed by atoms with Crippen LogP contribution in [0.2, 0.25) is 0 Å². The summed E-state index contributed by atoms with van der Waals surface area (Å²) < 4.78 is 41.7. The Balaban J connectivity index is 1.68. The maximum Gasteiger partial charge on any atom is 0.404 e. The molecule has 1 N–H and O–H groups in total. The topological polar surface area (TPSA) is 32.3 Å². The first kappa shape index (κ1) is 19.2. The number of rotatable bonds is 5. The molecule has 0 aromatic heterocycles. The Morgan fingerprint density at radius 1 is 1.15 bits per heavy atom. The molecule has 1 aromatic carbocycles. The number of nitrogens with zero attached hydrogens (tertiary/aromatic N) is 1. The van der Waals surface area contributed by atoms with Gasteiger partial charge in [0, 0.05) is 19.6 Å². The molecule has 26 heavy (non-hydrogen) atoms. The number of halogens is 3. The van der Waals surface area contributed by atoms with E-state index in [0.717, 1.165) is 31.2 Å². The molecule has 144 valence electrons. The van der Waals surface area contributed by atoms with Crippen LogP contribution in [0.1, 0.15) is 44.6 Å². The van der Waals surface area contributed by atoms with Crippen molar-refractivity contribution < 1.29 is 18.0 Å². The Kier molecular flexibility index (Phi) is 5.33. The fourth-order valence-corrected chi connectivity index (χ4v) is 4.28. The summed E-state index contributed by atoms with van der Waals surface area (Å²) in [6, 6.07) is 9.42. The van der Waals surface area contributed by atoms with Crippen molar-refractivity contribution in [3.63, 3.8) is 0 Å². The first-order valence-electron chi connectivity index (χ1n) is 9.36. The summed E-state index contributed by atoms with van der Waals surface area (Å²) in [7, 11) is 0. The molecule has 1 aliphatic carbocycles. The van der Waals surface area contributed by atoms with Gasteiger partial charge in [0.05, 0.1) is 0 Å². The van der Waals surface area contributed by atoms with E-state index in [1.807, 2.05) is 30.3 Å². The van der Waals surface area contributed by atoms with E-state index in [1.54, 1.807) is 4.90 Å². The number of likely N-dealkylation sites (tertiary alicyclic amines) is 1. The van der Waals surface area contributed by atoms with E-state index >= 15 is 0 Å². The van der Waals surface area contributed by atoms with Crippen LogP contribution in [0, 0.1) is 10.8 Å². The molecule has 2 fully saturated rings. The molecule has 1 atom stereocenters. The van der Waals surface area contributed by atoms with Gasteiger partial charge in [0.25, 0.3) is 0 Å². The molecule has 1 unspecified atom stereocenters. The Labute approximate surface area is 152 Å². The number of nitrogens with one attached hydrogen (secondary N) is 1.